The molecule has 0 saturated carbocycles. The van der Waals surface area contributed by atoms with Crippen molar-refractivity contribution >= 4 is 39.1 Å². The molecule has 0 radical (unpaired) electrons. The number of rotatable bonds is 12. The van der Waals surface area contributed by atoms with E-state index >= 15 is 0 Å². The van der Waals surface area contributed by atoms with E-state index in [-0.39, 0.29) is 10.6 Å². The van der Waals surface area contributed by atoms with Crippen molar-refractivity contribution in [3.8, 4) is 5.75 Å². The summed E-state index contributed by atoms with van der Waals surface area (Å²) in [4.78, 5) is 24.5. The number of hydrogen-bond acceptors (Lipinski definition) is 12. The number of likely N-dealkylation sites (N-methyl/N-ethyl adjacent to an activating group) is 1. The molecule has 1 aliphatic rings. The summed E-state index contributed by atoms with van der Waals surface area (Å²) in [7, 11) is 2.25. The van der Waals surface area contributed by atoms with Gasteiger partial charge in [-0.3, -0.25) is 10.00 Å². The maximum atomic E-state index is 12.8. The average Bonchev–Trinajstić information content (AvgIpc) is 3.63. The van der Waals surface area contributed by atoms with Gasteiger partial charge >= 0.3 is 0 Å². The Labute approximate surface area is 250 Å². The number of methoxy groups -OCH3 is 1. The molecule has 15 heteroatoms. The third-order valence-electron chi connectivity index (χ3n) is 6.79. The molecular formula is C27H36N10O3S2. The van der Waals surface area contributed by atoms with Gasteiger partial charge in [0.05, 0.1) is 12.0 Å². The molecule has 1 aromatic carbocycles. The lowest BCUT2D eigenvalue weighted by Crippen LogP contribution is -2.48. The highest BCUT2D eigenvalue weighted by Crippen LogP contribution is 2.38. The zero-order valence-electron chi connectivity index (χ0n) is 24.2. The maximum Gasteiger partial charge on any atom is 0.204 e. The molecule has 4 heterocycles. The number of aryl methyl sites for hydroxylation is 1. The lowest BCUT2D eigenvalue weighted by Gasteiger charge is -2.36. The molecule has 0 amide bonds. The Bertz CT molecular complexity index is 1570. The number of ether oxygens (including phenoxy) is 1. The van der Waals surface area contributed by atoms with Gasteiger partial charge in [0, 0.05) is 68.3 Å². The van der Waals surface area contributed by atoms with Crippen LogP contribution in [0.3, 0.4) is 0 Å². The number of sulfone groups is 1. The third-order valence-corrected chi connectivity index (χ3v) is 9.31. The standard InChI is InChI=1S/C27H36N10O3S2/c1-19-17-22(34-33-19)30-25-24(40-4)26(37-15-13-36(14-16-37)12-11-35(2)3)32-27(31-25)41-20-5-7-21(8-6-20)42(38,39)18-23-28-9-10-29-23/h5-10,17H,11-16,18H2,1-4H3,(H,28,29)(H2,30,31,32,33,34). The van der Waals surface area contributed by atoms with Gasteiger partial charge in [0.25, 0.3) is 0 Å². The first-order valence-corrected chi connectivity index (χ1v) is 16.0. The Kier molecular flexibility index (Phi) is 9.30. The maximum absolute atomic E-state index is 12.8. The van der Waals surface area contributed by atoms with E-state index in [0.29, 0.717) is 34.2 Å². The molecule has 224 valence electrons. The predicted molar refractivity (Wildman–Crippen MR) is 162 cm³/mol. The number of benzene rings is 1. The zero-order chi connectivity index (χ0) is 29.7. The molecule has 0 aliphatic carbocycles. The molecule has 1 saturated heterocycles. The van der Waals surface area contributed by atoms with E-state index in [2.05, 4.69) is 54.3 Å². The zero-order valence-corrected chi connectivity index (χ0v) is 25.8. The van der Waals surface area contributed by atoms with E-state index in [4.69, 9.17) is 14.7 Å². The van der Waals surface area contributed by atoms with Crippen molar-refractivity contribution in [1.82, 2.24) is 39.9 Å². The molecular weight excluding hydrogens is 576 g/mol. The normalized spacial score (nSPS) is 14.5. The largest absolute Gasteiger partial charge is 0.490 e. The molecule has 42 heavy (non-hydrogen) atoms. The summed E-state index contributed by atoms with van der Waals surface area (Å²) < 4.78 is 31.5. The summed E-state index contributed by atoms with van der Waals surface area (Å²) in [5.41, 5.74) is 0.913. The lowest BCUT2D eigenvalue weighted by molar-refractivity contribution is 0.228. The summed E-state index contributed by atoms with van der Waals surface area (Å²) in [6.07, 6.45) is 3.14. The monoisotopic (exact) mass is 612 g/mol. The van der Waals surface area contributed by atoms with Crippen LogP contribution in [-0.4, -0.2) is 109 Å². The summed E-state index contributed by atoms with van der Waals surface area (Å²) in [6.45, 7) is 7.38. The van der Waals surface area contributed by atoms with Crippen molar-refractivity contribution in [2.45, 2.75) is 27.6 Å². The highest BCUT2D eigenvalue weighted by Gasteiger charge is 2.25. The Hall–Kier alpha value is -3.66. The molecule has 1 fully saturated rings. The number of hydrogen-bond donors (Lipinski definition) is 3. The van der Waals surface area contributed by atoms with Crippen LogP contribution in [0, 0.1) is 6.92 Å². The Morgan fingerprint density at radius 1 is 1.12 bits per heavy atom. The Morgan fingerprint density at radius 2 is 1.88 bits per heavy atom. The number of imidazole rings is 1. The average molecular weight is 613 g/mol. The highest BCUT2D eigenvalue weighted by atomic mass is 32.2. The molecule has 3 aromatic heterocycles. The van der Waals surface area contributed by atoms with Crippen LogP contribution in [0.4, 0.5) is 17.5 Å². The summed E-state index contributed by atoms with van der Waals surface area (Å²) in [5, 5.41) is 11.0. The van der Waals surface area contributed by atoms with Crippen molar-refractivity contribution < 1.29 is 13.2 Å². The number of aromatic nitrogens is 6. The molecule has 13 nitrogen and oxygen atoms in total. The second kappa shape index (κ2) is 13.1. The summed E-state index contributed by atoms with van der Waals surface area (Å²) >= 11 is 1.35. The number of nitrogens with one attached hydrogen (secondary N) is 3. The van der Waals surface area contributed by atoms with Crippen molar-refractivity contribution in [2.75, 3.05) is 70.7 Å². The topological polar surface area (TPSA) is 148 Å². The number of anilines is 3. The van der Waals surface area contributed by atoms with Crippen molar-refractivity contribution in [1.29, 1.82) is 0 Å². The first kappa shape index (κ1) is 29.8. The second-order valence-electron chi connectivity index (χ2n) is 10.3. The van der Waals surface area contributed by atoms with Gasteiger partial charge in [-0.05, 0) is 57.0 Å². The van der Waals surface area contributed by atoms with E-state index in [1.54, 1.807) is 37.6 Å². The van der Waals surface area contributed by atoms with Gasteiger partial charge in [-0.25, -0.2) is 23.4 Å². The van der Waals surface area contributed by atoms with Crippen molar-refractivity contribution in [2.24, 2.45) is 0 Å². The van der Waals surface area contributed by atoms with E-state index in [1.165, 1.54) is 18.0 Å². The number of H-pyrrole nitrogens is 2. The van der Waals surface area contributed by atoms with Crippen molar-refractivity contribution in [3.05, 3.63) is 54.2 Å². The van der Waals surface area contributed by atoms with Crippen LogP contribution in [0.1, 0.15) is 11.5 Å². The Morgan fingerprint density at radius 3 is 2.50 bits per heavy atom. The molecule has 4 aromatic rings. The minimum Gasteiger partial charge on any atom is -0.490 e. The van der Waals surface area contributed by atoms with Crippen molar-refractivity contribution in [3.63, 3.8) is 0 Å². The molecule has 0 bridgehead atoms. The number of nitrogens with zero attached hydrogens (tertiary/aromatic N) is 7. The van der Waals surface area contributed by atoms with Gasteiger partial charge in [0.2, 0.25) is 5.75 Å². The Balaban J connectivity index is 1.39. The molecule has 0 spiro atoms. The van der Waals surface area contributed by atoms with Crippen LogP contribution in [0.5, 0.6) is 5.75 Å². The van der Waals surface area contributed by atoms with Crippen LogP contribution in [-0.2, 0) is 15.6 Å². The minimum atomic E-state index is -3.54. The van der Waals surface area contributed by atoms with Crippen LogP contribution in [0.2, 0.25) is 0 Å². The van der Waals surface area contributed by atoms with Gasteiger partial charge in [-0.2, -0.15) is 5.10 Å². The predicted octanol–water partition coefficient (Wildman–Crippen LogP) is 2.79. The fraction of sp³-hybridized carbons (Fsp3) is 0.407. The summed E-state index contributed by atoms with van der Waals surface area (Å²) in [5.74, 6) is 2.57. The smallest absolute Gasteiger partial charge is 0.204 e. The molecule has 3 N–H and O–H groups in total. The van der Waals surface area contributed by atoms with E-state index in [1.807, 2.05) is 13.0 Å². The lowest BCUT2D eigenvalue weighted by atomic mass is 10.3. The minimum absolute atomic E-state index is 0.193. The van der Waals surface area contributed by atoms with Crippen LogP contribution < -0.4 is 15.0 Å². The fourth-order valence-corrected chi connectivity index (χ4v) is 6.53. The SMILES string of the molecule is COc1c(Nc2cc(C)[nH]n2)nc(Sc2ccc(S(=O)(=O)Cc3ncc[nH]3)cc2)nc1N1CCN(CCN(C)C)CC1. The van der Waals surface area contributed by atoms with E-state index in [9.17, 15) is 8.42 Å². The van der Waals surface area contributed by atoms with E-state index in [0.717, 1.165) is 49.9 Å². The molecule has 0 unspecified atom stereocenters. The van der Waals surface area contributed by atoms with Gasteiger partial charge in [-0.15, -0.1) is 0 Å². The number of piperazine rings is 1. The summed E-state index contributed by atoms with van der Waals surface area (Å²) in [6, 6.07) is 8.62. The second-order valence-corrected chi connectivity index (χ2v) is 13.3. The van der Waals surface area contributed by atoms with Crippen LogP contribution in [0.25, 0.3) is 0 Å². The van der Waals surface area contributed by atoms with E-state index < -0.39 is 9.84 Å². The highest BCUT2D eigenvalue weighted by molar-refractivity contribution is 7.99. The van der Waals surface area contributed by atoms with Crippen LogP contribution >= 0.6 is 11.8 Å². The van der Waals surface area contributed by atoms with Gasteiger partial charge in [0.15, 0.2) is 32.4 Å². The molecule has 5 rings (SSSR count). The van der Waals surface area contributed by atoms with Gasteiger partial charge < -0.3 is 24.8 Å². The first-order valence-electron chi connectivity index (χ1n) is 13.6. The van der Waals surface area contributed by atoms with Gasteiger partial charge in [-0.1, -0.05) is 0 Å². The quantitative estimate of drug-likeness (QED) is 0.202. The molecule has 1 aliphatic heterocycles. The third kappa shape index (κ3) is 7.40. The van der Waals surface area contributed by atoms with Gasteiger partial charge in [0.1, 0.15) is 11.6 Å². The first-order chi connectivity index (χ1) is 20.2. The fourth-order valence-electron chi connectivity index (χ4n) is 4.54. The van der Waals surface area contributed by atoms with Crippen LogP contribution in [0.15, 0.2) is 57.7 Å². The number of aromatic amines is 2. The molecule has 0 atom stereocenters.